The molecule has 1 rings (SSSR count). The minimum Gasteiger partial charge on any atom is -0.465 e. The van der Waals surface area contributed by atoms with E-state index in [1.807, 2.05) is 0 Å². The van der Waals surface area contributed by atoms with E-state index in [2.05, 4.69) is 6.58 Å². The molecule has 0 fully saturated rings. The summed E-state index contributed by atoms with van der Waals surface area (Å²) < 4.78 is 6.20. The Morgan fingerprint density at radius 3 is 2.75 bits per heavy atom. The predicted octanol–water partition coefficient (Wildman–Crippen LogP) is 0.796. The summed E-state index contributed by atoms with van der Waals surface area (Å²) in [5.74, 6) is -0.793. The molecule has 0 unspecified atom stereocenters. The van der Waals surface area contributed by atoms with Gasteiger partial charge in [-0.3, -0.25) is 19.0 Å². The fourth-order valence-corrected chi connectivity index (χ4v) is 2.34. The lowest BCUT2D eigenvalue weighted by Gasteiger charge is -2.20. The highest BCUT2D eigenvalue weighted by Gasteiger charge is 2.18. The van der Waals surface area contributed by atoms with Crippen molar-refractivity contribution in [3.05, 3.63) is 33.4 Å². The molecule has 0 saturated carbocycles. The van der Waals surface area contributed by atoms with Gasteiger partial charge in [-0.05, 0) is 13.8 Å². The highest BCUT2D eigenvalue weighted by atomic mass is 32.1. The van der Waals surface area contributed by atoms with E-state index in [-0.39, 0.29) is 37.0 Å². The molecule has 0 aromatic carbocycles. The van der Waals surface area contributed by atoms with E-state index in [0.29, 0.717) is 0 Å². The van der Waals surface area contributed by atoms with Crippen LogP contribution in [0.1, 0.15) is 12.6 Å². The summed E-state index contributed by atoms with van der Waals surface area (Å²) in [5, 5.41) is 1.69. The number of nitrogens with zero attached hydrogens (tertiary/aromatic N) is 2. The second kappa shape index (κ2) is 7.64. The smallest absolute Gasteiger partial charge is 0.325 e. The molecule has 0 atom stereocenters. The average Bonchev–Trinajstić information content (AvgIpc) is 2.70. The largest absolute Gasteiger partial charge is 0.465 e. The molecule has 0 bridgehead atoms. The third-order valence-electron chi connectivity index (χ3n) is 2.60. The molecular weight excluding hydrogens is 280 g/mol. The van der Waals surface area contributed by atoms with Gasteiger partial charge in [0, 0.05) is 17.6 Å². The number of amides is 1. The highest BCUT2D eigenvalue weighted by molar-refractivity contribution is 7.07. The zero-order valence-corrected chi connectivity index (χ0v) is 12.4. The normalized spacial score (nSPS) is 10.1. The Bertz CT molecular complexity index is 547. The fourth-order valence-electron chi connectivity index (χ4n) is 1.60. The van der Waals surface area contributed by atoms with Crippen molar-refractivity contribution in [3.8, 4) is 0 Å². The number of aromatic nitrogens is 1. The number of hydrogen-bond acceptors (Lipinski definition) is 5. The maximum Gasteiger partial charge on any atom is 0.325 e. The van der Waals surface area contributed by atoms with Crippen molar-refractivity contribution in [1.82, 2.24) is 9.47 Å². The third-order valence-corrected chi connectivity index (χ3v) is 3.48. The highest BCUT2D eigenvalue weighted by Crippen LogP contribution is 2.02. The van der Waals surface area contributed by atoms with Crippen LogP contribution in [0.3, 0.4) is 0 Å². The van der Waals surface area contributed by atoms with Crippen LogP contribution in [-0.2, 0) is 20.9 Å². The van der Waals surface area contributed by atoms with Crippen LogP contribution in [-0.4, -0.2) is 41.0 Å². The zero-order chi connectivity index (χ0) is 15.1. The topological polar surface area (TPSA) is 68.6 Å². The number of hydrogen-bond donors (Lipinski definition) is 0. The molecule has 0 N–H and O–H groups in total. The molecule has 110 valence electrons. The van der Waals surface area contributed by atoms with Gasteiger partial charge >= 0.3 is 10.8 Å². The Balaban J connectivity index is 2.76. The number of thiazole rings is 1. The third kappa shape index (κ3) is 4.34. The van der Waals surface area contributed by atoms with Gasteiger partial charge in [-0.25, -0.2) is 0 Å². The van der Waals surface area contributed by atoms with Crippen LogP contribution in [0.2, 0.25) is 0 Å². The Labute approximate surface area is 121 Å². The van der Waals surface area contributed by atoms with Crippen LogP contribution < -0.4 is 4.87 Å². The van der Waals surface area contributed by atoms with Crippen LogP contribution in [0.15, 0.2) is 22.8 Å². The molecular formula is C13H18N2O4S. The lowest BCUT2D eigenvalue weighted by Crippen LogP contribution is -2.39. The summed E-state index contributed by atoms with van der Waals surface area (Å²) >= 11 is 1.04. The van der Waals surface area contributed by atoms with Crippen LogP contribution in [0.25, 0.3) is 0 Å². The zero-order valence-electron chi connectivity index (χ0n) is 11.6. The summed E-state index contributed by atoms with van der Waals surface area (Å²) in [6.07, 6.45) is 1.53. The van der Waals surface area contributed by atoms with E-state index in [9.17, 15) is 14.4 Å². The van der Waals surface area contributed by atoms with Crippen molar-refractivity contribution in [1.29, 1.82) is 0 Å². The average molecular weight is 298 g/mol. The van der Waals surface area contributed by atoms with Gasteiger partial charge in [0.25, 0.3) is 0 Å². The summed E-state index contributed by atoms with van der Waals surface area (Å²) in [6.45, 7) is 7.28. The van der Waals surface area contributed by atoms with E-state index in [1.165, 1.54) is 15.5 Å². The van der Waals surface area contributed by atoms with Crippen molar-refractivity contribution in [2.75, 3.05) is 19.7 Å². The van der Waals surface area contributed by atoms with E-state index in [4.69, 9.17) is 4.74 Å². The minimum atomic E-state index is -0.475. The number of carbonyl (C=O) groups is 2. The van der Waals surface area contributed by atoms with Gasteiger partial charge in [0.2, 0.25) is 5.91 Å². The maximum atomic E-state index is 12.2. The first-order valence-corrected chi connectivity index (χ1v) is 7.06. The number of ether oxygens (including phenoxy) is 1. The van der Waals surface area contributed by atoms with Crippen molar-refractivity contribution in [3.63, 3.8) is 0 Å². The van der Waals surface area contributed by atoms with Gasteiger partial charge in [0.1, 0.15) is 13.1 Å². The van der Waals surface area contributed by atoms with Crippen molar-refractivity contribution >= 4 is 23.2 Å². The van der Waals surface area contributed by atoms with E-state index >= 15 is 0 Å². The fraction of sp³-hybridized carbons (Fsp3) is 0.462. The first kappa shape index (κ1) is 16.2. The summed E-state index contributed by atoms with van der Waals surface area (Å²) in [5.41, 5.74) is 0.725. The molecule has 20 heavy (non-hydrogen) atoms. The minimum absolute atomic E-state index is 0.0819. The number of carbonyl (C=O) groups excluding carboxylic acids is 2. The lowest BCUT2D eigenvalue weighted by molar-refractivity contribution is -0.148. The van der Waals surface area contributed by atoms with Gasteiger partial charge in [-0.15, -0.1) is 6.58 Å². The Morgan fingerprint density at radius 2 is 2.25 bits per heavy atom. The van der Waals surface area contributed by atoms with Gasteiger partial charge in [-0.2, -0.15) is 0 Å². The van der Waals surface area contributed by atoms with Crippen molar-refractivity contribution in [2.45, 2.75) is 20.4 Å². The molecule has 6 nitrogen and oxygen atoms in total. The maximum absolute atomic E-state index is 12.2. The van der Waals surface area contributed by atoms with Gasteiger partial charge in [-0.1, -0.05) is 17.4 Å². The van der Waals surface area contributed by atoms with Crippen LogP contribution in [0.5, 0.6) is 0 Å². The molecule has 1 heterocycles. The van der Waals surface area contributed by atoms with E-state index in [1.54, 1.807) is 19.2 Å². The molecule has 1 aromatic rings. The molecule has 7 heteroatoms. The van der Waals surface area contributed by atoms with E-state index < -0.39 is 5.97 Å². The molecule has 1 aromatic heterocycles. The lowest BCUT2D eigenvalue weighted by atomic mass is 10.4. The number of esters is 1. The molecule has 0 aliphatic heterocycles. The molecule has 1 amide bonds. The second-order valence-electron chi connectivity index (χ2n) is 4.10. The quantitative estimate of drug-likeness (QED) is 0.551. The first-order chi connectivity index (χ1) is 9.49. The van der Waals surface area contributed by atoms with Crippen molar-refractivity contribution < 1.29 is 14.3 Å². The van der Waals surface area contributed by atoms with Crippen LogP contribution in [0.4, 0.5) is 0 Å². The monoisotopic (exact) mass is 298 g/mol. The molecule has 0 aliphatic rings. The Hall–Kier alpha value is -1.89. The summed E-state index contributed by atoms with van der Waals surface area (Å²) in [7, 11) is 0. The predicted molar refractivity (Wildman–Crippen MR) is 76.7 cm³/mol. The molecule has 0 spiro atoms. The van der Waals surface area contributed by atoms with Gasteiger partial charge in [0.15, 0.2) is 0 Å². The molecule has 0 radical (unpaired) electrons. The second-order valence-corrected chi connectivity index (χ2v) is 4.92. The standard InChI is InChI=1S/C13H18N2O4S/c1-4-6-14(8-12(17)19-5-2)11(16)7-15-10(3)9-20-13(15)18/h4,9H,1,5-8H2,2-3H3. The van der Waals surface area contributed by atoms with E-state index in [0.717, 1.165) is 17.0 Å². The van der Waals surface area contributed by atoms with Gasteiger partial charge in [0.05, 0.1) is 6.61 Å². The number of aryl methyl sites for hydroxylation is 1. The first-order valence-electron chi connectivity index (χ1n) is 6.18. The SMILES string of the molecule is C=CCN(CC(=O)OCC)C(=O)Cn1c(C)csc1=O. The molecule has 0 saturated heterocycles. The van der Waals surface area contributed by atoms with Crippen LogP contribution >= 0.6 is 11.3 Å². The van der Waals surface area contributed by atoms with Gasteiger partial charge < -0.3 is 9.64 Å². The Kier molecular flexibility index (Phi) is 6.17. The summed E-state index contributed by atoms with van der Waals surface area (Å²) in [6, 6.07) is 0. The van der Waals surface area contributed by atoms with Crippen molar-refractivity contribution in [2.24, 2.45) is 0 Å². The Morgan fingerprint density at radius 1 is 1.55 bits per heavy atom. The summed E-state index contributed by atoms with van der Waals surface area (Å²) in [4.78, 5) is 36.3. The van der Waals surface area contributed by atoms with Crippen LogP contribution in [0, 0.1) is 6.92 Å². The molecule has 0 aliphatic carbocycles. The number of rotatable bonds is 7.